The Morgan fingerprint density at radius 2 is 1.47 bits per heavy atom. The Labute approximate surface area is 221 Å². The number of carbonyl (C=O) groups excluding carboxylic acids is 2. The molecule has 2 amide bonds. The number of nitrogens with two attached hydrogens (primary N) is 1. The summed E-state index contributed by atoms with van der Waals surface area (Å²) in [4.78, 5) is 24.3. The van der Waals surface area contributed by atoms with E-state index in [1.807, 2.05) is 7.85 Å². The third-order valence-electron chi connectivity index (χ3n) is 7.31. The molecule has 7 nitrogen and oxygen atoms in total. The van der Waals surface area contributed by atoms with Crippen LogP contribution in [0.4, 0.5) is 0 Å². The molecule has 0 aromatic heterocycles. The third kappa shape index (κ3) is 16.6. The summed E-state index contributed by atoms with van der Waals surface area (Å²) in [5, 5.41) is 15.3. The maximum Gasteiger partial charge on any atom is 0.237 e. The summed E-state index contributed by atoms with van der Waals surface area (Å²) in [6, 6.07) is -0.735. The van der Waals surface area contributed by atoms with Crippen molar-refractivity contribution in [1.29, 1.82) is 0 Å². The summed E-state index contributed by atoms with van der Waals surface area (Å²) < 4.78 is 5.57. The van der Waals surface area contributed by atoms with Gasteiger partial charge >= 0.3 is 0 Å². The smallest absolute Gasteiger partial charge is 0.237 e. The van der Waals surface area contributed by atoms with Crippen molar-refractivity contribution < 1.29 is 19.4 Å². The minimum atomic E-state index is -0.577. The molecule has 0 saturated carbocycles. The van der Waals surface area contributed by atoms with Gasteiger partial charge in [-0.3, -0.25) is 9.59 Å². The lowest BCUT2D eigenvalue weighted by Crippen LogP contribution is -2.49. The van der Waals surface area contributed by atoms with E-state index in [1.54, 1.807) is 0 Å². The van der Waals surface area contributed by atoms with E-state index in [0.29, 0.717) is 25.8 Å². The third-order valence-corrected chi connectivity index (χ3v) is 7.31. The molecule has 2 unspecified atom stereocenters. The van der Waals surface area contributed by atoms with Gasteiger partial charge in [0.25, 0.3) is 0 Å². The molecule has 1 aliphatic heterocycles. The molecule has 210 valence electrons. The highest BCUT2D eigenvalue weighted by molar-refractivity contribution is 6.11. The molecule has 36 heavy (non-hydrogen) atoms. The lowest BCUT2D eigenvalue weighted by atomic mass is 9.94. The summed E-state index contributed by atoms with van der Waals surface area (Å²) in [6.45, 7) is 2.79. The fourth-order valence-electron chi connectivity index (χ4n) is 4.99. The van der Waals surface area contributed by atoms with Crippen LogP contribution < -0.4 is 16.4 Å². The van der Waals surface area contributed by atoms with Crippen molar-refractivity contribution >= 4 is 19.7 Å². The highest BCUT2D eigenvalue weighted by Gasteiger charge is 2.34. The summed E-state index contributed by atoms with van der Waals surface area (Å²) in [5.41, 5.74) is 6.02. The molecule has 1 saturated heterocycles. The monoisotopic (exact) mass is 509 g/mol. The van der Waals surface area contributed by atoms with Gasteiger partial charge in [0, 0.05) is 19.0 Å². The lowest BCUT2D eigenvalue weighted by Gasteiger charge is -2.20. The molecule has 0 aliphatic carbocycles. The van der Waals surface area contributed by atoms with Crippen LogP contribution in [-0.2, 0) is 14.3 Å². The van der Waals surface area contributed by atoms with Crippen LogP contribution in [-0.4, -0.2) is 62.1 Å². The van der Waals surface area contributed by atoms with Crippen LogP contribution in [0.25, 0.3) is 0 Å². The first kappa shape index (κ1) is 32.9. The predicted molar refractivity (Wildman–Crippen MR) is 151 cm³/mol. The summed E-state index contributed by atoms with van der Waals surface area (Å²) in [6.07, 6.45) is 21.6. The number of aliphatic hydroxyl groups excluding tert-OH is 1. The number of carbonyl (C=O) groups is 2. The van der Waals surface area contributed by atoms with Crippen LogP contribution in [0.5, 0.6) is 0 Å². The van der Waals surface area contributed by atoms with Crippen LogP contribution in [0.3, 0.4) is 0 Å². The molecule has 8 heteroatoms. The summed E-state index contributed by atoms with van der Waals surface area (Å²) in [7, 11) is 1.93. The van der Waals surface area contributed by atoms with Crippen LogP contribution in [0.15, 0.2) is 0 Å². The molecule has 1 aliphatic rings. The van der Waals surface area contributed by atoms with E-state index in [9.17, 15) is 14.7 Å². The van der Waals surface area contributed by atoms with Crippen LogP contribution >= 0.6 is 0 Å². The minimum absolute atomic E-state index is 0.0248. The van der Waals surface area contributed by atoms with Gasteiger partial charge < -0.3 is 26.2 Å². The Morgan fingerprint density at radius 3 is 2.03 bits per heavy atom. The fraction of sp³-hybridized carbons (Fsp3) is 0.929. The van der Waals surface area contributed by atoms with Gasteiger partial charge in [-0.2, -0.15) is 0 Å². The quantitative estimate of drug-likeness (QED) is 0.124. The zero-order valence-electron chi connectivity index (χ0n) is 23.4. The van der Waals surface area contributed by atoms with E-state index in [2.05, 4.69) is 17.6 Å². The number of amides is 2. The Kier molecular flexibility index (Phi) is 20.0. The standard InChI is InChI=1S/C28H56BN3O4/c1-2-3-4-5-6-7-8-9-10-11-12-13-14-15-19-27(34)31-20-17-16-18-23(30)28(35)32-24-21-26(29)36-25(24)22-33/h23-26,33H,2-22,29-30H2,1H3,(H,31,34)(H,32,35)/t23?,24?,25-,26-/m1/s1. The van der Waals surface area contributed by atoms with E-state index in [4.69, 9.17) is 10.5 Å². The number of ether oxygens (including phenoxy) is 1. The van der Waals surface area contributed by atoms with Gasteiger partial charge in [-0.15, -0.1) is 0 Å². The molecule has 0 aromatic rings. The van der Waals surface area contributed by atoms with E-state index >= 15 is 0 Å². The minimum Gasteiger partial charge on any atom is -0.394 e. The van der Waals surface area contributed by atoms with Gasteiger partial charge in [0.15, 0.2) is 0 Å². The number of unbranched alkanes of at least 4 members (excludes halogenated alkanes) is 14. The number of hydrogen-bond acceptors (Lipinski definition) is 5. The molecule has 0 spiro atoms. The van der Waals surface area contributed by atoms with Crippen LogP contribution in [0.2, 0.25) is 0 Å². The largest absolute Gasteiger partial charge is 0.394 e. The van der Waals surface area contributed by atoms with Gasteiger partial charge in [0.05, 0.1) is 18.7 Å². The maximum absolute atomic E-state index is 12.3. The van der Waals surface area contributed by atoms with Gasteiger partial charge in [-0.25, -0.2) is 0 Å². The average molecular weight is 510 g/mol. The second-order valence-electron chi connectivity index (χ2n) is 10.8. The van der Waals surface area contributed by atoms with Crippen molar-refractivity contribution in [2.75, 3.05) is 13.2 Å². The molecule has 1 fully saturated rings. The van der Waals surface area contributed by atoms with Gasteiger partial charge in [0.1, 0.15) is 14.0 Å². The number of hydrogen-bond donors (Lipinski definition) is 4. The molecular formula is C28H56BN3O4. The molecular weight excluding hydrogens is 453 g/mol. The van der Waals surface area contributed by atoms with Crippen molar-refractivity contribution in [2.24, 2.45) is 5.73 Å². The Hall–Kier alpha value is -1.12. The first-order chi connectivity index (χ1) is 17.5. The molecule has 4 atom stereocenters. The van der Waals surface area contributed by atoms with Crippen molar-refractivity contribution in [1.82, 2.24) is 10.6 Å². The normalized spacial score (nSPS) is 20.4. The first-order valence-electron chi connectivity index (χ1n) is 15.1. The lowest BCUT2D eigenvalue weighted by molar-refractivity contribution is -0.124. The van der Waals surface area contributed by atoms with E-state index in [1.165, 1.54) is 77.0 Å². The Morgan fingerprint density at radius 1 is 0.917 bits per heavy atom. The zero-order chi connectivity index (χ0) is 26.4. The predicted octanol–water partition coefficient (Wildman–Crippen LogP) is 3.70. The fourth-order valence-corrected chi connectivity index (χ4v) is 4.99. The molecule has 1 heterocycles. The number of aliphatic hydroxyl groups is 1. The molecule has 0 radical (unpaired) electrons. The average Bonchev–Trinajstić information content (AvgIpc) is 3.22. The van der Waals surface area contributed by atoms with Crippen molar-refractivity contribution in [3.05, 3.63) is 0 Å². The highest BCUT2D eigenvalue weighted by atomic mass is 16.5. The van der Waals surface area contributed by atoms with Crippen molar-refractivity contribution in [3.63, 3.8) is 0 Å². The Balaban J connectivity index is 1.88. The highest BCUT2D eigenvalue weighted by Crippen LogP contribution is 2.18. The van der Waals surface area contributed by atoms with Gasteiger partial charge in [-0.05, 0) is 32.1 Å². The van der Waals surface area contributed by atoms with E-state index in [0.717, 1.165) is 25.7 Å². The number of rotatable bonds is 23. The zero-order valence-corrected chi connectivity index (χ0v) is 23.4. The Bertz CT molecular complexity index is 567. The van der Waals surface area contributed by atoms with Crippen LogP contribution in [0.1, 0.15) is 129 Å². The second-order valence-corrected chi connectivity index (χ2v) is 10.8. The summed E-state index contributed by atoms with van der Waals surface area (Å²) >= 11 is 0. The van der Waals surface area contributed by atoms with E-state index < -0.39 is 6.04 Å². The number of nitrogens with one attached hydrogen (secondary N) is 2. The molecule has 0 bridgehead atoms. The summed E-state index contributed by atoms with van der Waals surface area (Å²) in [5.74, 6) is -0.0700. The van der Waals surface area contributed by atoms with Crippen LogP contribution in [0, 0.1) is 0 Å². The molecule has 1 rings (SSSR count). The van der Waals surface area contributed by atoms with Gasteiger partial charge in [0.2, 0.25) is 11.8 Å². The first-order valence-corrected chi connectivity index (χ1v) is 15.1. The van der Waals surface area contributed by atoms with Gasteiger partial charge in [-0.1, -0.05) is 90.4 Å². The molecule has 5 N–H and O–H groups in total. The van der Waals surface area contributed by atoms with E-state index in [-0.39, 0.29) is 36.6 Å². The van der Waals surface area contributed by atoms with Crippen molar-refractivity contribution in [2.45, 2.75) is 153 Å². The SMILES string of the molecule is B[C@H]1CC(NC(=O)C(N)CCCCNC(=O)CCCCCCCCCCCCCCCC)[C@@H](CO)O1. The molecule has 0 aromatic carbocycles. The maximum atomic E-state index is 12.3. The van der Waals surface area contributed by atoms with Crippen molar-refractivity contribution in [3.8, 4) is 0 Å². The second kappa shape index (κ2) is 21.9. The topological polar surface area (TPSA) is 114 Å².